The molecule has 0 atom stereocenters. The number of amides is 1. The Morgan fingerprint density at radius 2 is 1.96 bits per heavy atom. The summed E-state index contributed by atoms with van der Waals surface area (Å²) in [6.45, 7) is 10.3. The van der Waals surface area contributed by atoms with Crippen LogP contribution in [-0.2, 0) is 0 Å². The lowest BCUT2D eigenvalue weighted by Crippen LogP contribution is -2.29. The van der Waals surface area contributed by atoms with Crippen LogP contribution in [0.15, 0.2) is 12.1 Å². The van der Waals surface area contributed by atoms with Crippen LogP contribution in [0.5, 0.6) is 11.5 Å². The van der Waals surface area contributed by atoms with Gasteiger partial charge in [0.25, 0.3) is 5.91 Å². The molecule has 0 bridgehead atoms. The number of nitrogens with zero attached hydrogens (tertiary/aromatic N) is 1. The van der Waals surface area contributed by atoms with Gasteiger partial charge in [-0.2, -0.15) is 0 Å². The molecule has 0 aliphatic carbocycles. The third-order valence-corrected chi connectivity index (χ3v) is 3.89. The molecule has 0 saturated carbocycles. The minimum atomic E-state index is -0.159. The second-order valence-electron chi connectivity index (χ2n) is 5.06. The van der Waals surface area contributed by atoms with Crippen molar-refractivity contribution in [2.24, 2.45) is 0 Å². The lowest BCUT2D eigenvalue weighted by atomic mass is 10.2. The second-order valence-corrected chi connectivity index (χ2v) is 5.47. The summed E-state index contributed by atoms with van der Waals surface area (Å²) in [6.07, 6.45) is 0.912. The largest absolute Gasteiger partial charge is 0.493 e. The Hall–Kier alpha value is -1.46. The third kappa shape index (κ3) is 5.92. The highest BCUT2D eigenvalue weighted by atomic mass is 35.5. The van der Waals surface area contributed by atoms with Gasteiger partial charge in [-0.05, 0) is 45.1 Å². The molecule has 1 rings (SSSR count). The van der Waals surface area contributed by atoms with Crippen molar-refractivity contribution < 1.29 is 14.3 Å². The van der Waals surface area contributed by atoms with Crippen LogP contribution < -0.4 is 14.8 Å². The monoisotopic (exact) mass is 342 g/mol. The number of carbonyl (C=O) groups is 1. The molecule has 0 spiro atoms. The number of hydrogen-bond acceptors (Lipinski definition) is 4. The summed E-state index contributed by atoms with van der Waals surface area (Å²) in [5.41, 5.74) is 0.471. The van der Waals surface area contributed by atoms with E-state index in [0.717, 1.165) is 26.1 Å². The zero-order valence-electron chi connectivity index (χ0n) is 14.4. The van der Waals surface area contributed by atoms with Gasteiger partial charge in [0.15, 0.2) is 11.5 Å². The molecule has 0 radical (unpaired) electrons. The van der Waals surface area contributed by atoms with Gasteiger partial charge in [0.2, 0.25) is 0 Å². The fraction of sp³-hybridized carbons (Fsp3) is 0.588. The van der Waals surface area contributed by atoms with E-state index in [9.17, 15) is 4.79 Å². The molecule has 0 unspecified atom stereocenters. The topological polar surface area (TPSA) is 50.8 Å². The molecule has 0 saturated heterocycles. The molecule has 1 aromatic carbocycles. The number of rotatable bonds is 10. The maximum atomic E-state index is 12.2. The van der Waals surface area contributed by atoms with Gasteiger partial charge in [-0.15, -0.1) is 0 Å². The minimum Gasteiger partial charge on any atom is -0.493 e. The van der Waals surface area contributed by atoms with E-state index in [1.807, 2.05) is 6.92 Å². The zero-order valence-corrected chi connectivity index (χ0v) is 15.2. The van der Waals surface area contributed by atoms with Gasteiger partial charge in [0.1, 0.15) is 0 Å². The molecule has 1 amide bonds. The van der Waals surface area contributed by atoms with Crippen molar-refractivity contribution in [2.75, 3.05) is 39.9 Å². The van der Waals surface area contributed by atoms with Crippen LogP contribution in [-0.4, -0.2) is 50.7 Å². The van der Waals surface area contributed by atoms with Crippen molar-refractivity contribution in [1.29, 1.82) is 0 Å². The molecule has 23 heavy (non-hydrogen) atoms. The van der Waals surface area contributed by atoms with Crippen LogP contribution in [0.2, 0.25) is 5.02 Å². The number of ether oxygens (including phenoxy) is 2. The van der Waals surface area contributed by atoms with Gasteiger partial charge in [-0.25, -0.2) is 0 Å². The first-order valence-corrected chi connectivity index (χ1v) is 8.45. The summed E-state index contributed by atoms with van der Waals surface area (Å²) < 4.78 is 10.7. The molecule has 0 aromatic heterocycles. The first kappa shape index (κ1) is 19.6. The molecular weight excluding hydrogens is 316 g/mol. The Labute approximate surface area is 143 Å². The van der Waals surface area contributed by atoms with E-state index >= 15 is 0 Å². The Morgan fingerprint density at radius 1 is 1.26 bits per heavy atom. The number of carbonyl (C=O) groups excluding carboxylic acids is 1. The fourth-order valence-electron chi connectivity index (χ4n) is 2.28. The molecule has 5 nitrogen and oxygen atoms in total. The maximum absolute atomic E-state index is 12.2. The molecule has 6 heteroatoms. The summed E-state index contributed by atoms with van der Waals surface area (Å²) in [5, 5.41) is 3.29. The molecule has 0 fully saturated rings. The average molecular weight is 343 g/mol. The van der Waals surface area contributed by atoms with E-state index in [1.54, 1.807) is 12.1 Å². The summed E-state index contributed by atoms with van der Waals surface area (Å²) in [6, 6.07) is 3.26. The highest BCUT2D eigenvalue weighted by Crippen LogP contribution is 2.36. The van der Waals surface area contributed by atoms with Crippen molar-refractivity contribution in [1.82, 2.24) is 10.2 Å². The standard InChI is InChI=1S/C17H27ClN2O3/c1-5-20(6-2)10-8-9-19-17(21)13-11-14(18)16(23-7-3)15(12-13)22-4/h11-12H,5-10H2,1-4H3,(H,19,21). The second kappa shape index (κ2) is 10.3. The zero-order chi connectivity index (χ0) is 17.2. The molecule has 0 aliphatic rings. The highest BCUT2D eigenvalue weighted by Gasteiger charge is 2.15. The van der Waals surface area contributed by atoms with Gasteiger partial charge in [0, 0.05) is 12.1 Å². The first-order valence-electron chi connectivity index (χ1n) is 8.08. The summed E-state index contributed by atoms with van der Waals surface area (Å²) in [5.74, 6) is 0.773. The molecular formula is C17H27ClN2O3. The summed E-state index contributed by atoms with van der Waals surface area (Å²) >= 11 is 6.18. The van der Waals surface area contributed by atoms with Crippen LogP contribution in [0.4, 0.5) is 0 Å². The lowest BCUT2D eigenvalue weighted by Gasteiger charge is -2.17. The maximum Gasteiger partial charge on any atom is 0.251 e. The summed E-state index contributed by atoms with van der Waals surface area (Å²) in [4.78, 5) is 14.6. The van der Waals surface area contributed by atoms with Gasteiger partial charge in [-0.3, -0.25) is 4.79 Å². The molecule has 0 heterocycles. The van der Waals surface area contributed by atoms with Gasteiger partial charge < -0.3 is 19.7 Å². The van der Waals surface area contributed by atoms with E-state index in [2.05, 4.69) is 24.1 Å². The van der Waals surface area contributed by atoms with Crippen LogP contribution >= 0.6 is 11.6 Å². The van der Waals surface area contributed by atoms with Crippen LogP contribution in [0.3, 0.4) is 0 Å². The van der Waals surface area contributed by atoms with Gasteiger partial charge in [0.05, 0.1) is 18.7 Å². The van der Waals surface area contributed by atoms with E-state index in [0.29, 0.717) is 35.2 Å². The van der Waals surface area contributed by atoms with Crippen molar-refractivity contribution in [3.63, 3.8) is 0 Å². The highest BCUT2D eigenvalue weighted by molar-refractivity contribution is 6.32. The Bertz CT molecular complexity index is 505. The van der Waals surface area contributed by atoms with Crippen LogP contribution in [0.25, 0.3) is 0 Å². The number of methoxy groups -OCH3 is 1. The number of benzene rings is 1. The van der Waals surface area contributed by atoms with E-state index < -0.39 is 0 Å². The lowest BCUT2D eigenvalue weighted by molar-refractivity contribution is 0.0951. The number of hydrogen-bond donors (Lipinski definition) is 1. The quantitative estimate of drug-likeness (QED) is 0.663. The molecule has 130 valence electrons. The van der Waals surface area contributed by atoms with Gasteiger partial charge >= 0.3 is 0 Å². The van der Waals surface area contributed by atoms with Crippen molar-refractivity contribution in [3.05, 3.63) is 22.7 Å². The van der Waals surface area contributed by atoms with Crippen molar-refractivity contribution in [3.8, 4) is 11.5 Å². The molecule has 1 N–H and O–H groups in total. The molecule has 0 aliphatic heterocycles. The van der Waals surface area contributed by atoms with Crippen molar-refractivity contribution >= 4 is 17.5 Å². The first-order chi connectivity index (χ1) is 11.1. The van der Waals surface area contributed by atoms with Crippen molar-refractivity contribution in [2.45, 2.75) is 27.2 Å². The normalized spacial score (nSPS) is 10.7. The molecule has 1 aromatic rings. The number of halogens is 1. The summed E-state index contributed by atoms with van der Waals surface area (Å²) in [7, 11) is 1.53. The van der Waals surface area contributed by atoms with Crippen LogP contribution in [0.1, 0.15) is 37.6 Å². The third-order valence-electron chi connectivity index (χ3n) is 3.61. The van der Waals surface area contributed by atoms with E-state index in [4.69, 9.17) is 21.1 Å². The predicted molar refractivity (Wildman–Crippen MR) is 93.9 cm³/mol. The SMILES string of the molecule is CCOc1c(Cl)cc(C(=O)NCCCN(CC)CC)cc1OC. The van der Waals surface area contributed by atoms with E-state index in [-0.39, 0.29) is 5.91 Å². The smallest absolute Gasteiger partial charge is 0.251 e. The van der Waals surface area contributed by atoms with Gasteiger partial charge in [-0.1, -0.05) is 25.4 Å². The van der Waals surface area contributed by atoms with Crippen LogP contribution in [0, 0.1) is 0 Å². The average Bonchev–Trinajstić information content (AvgIpc) is 2.56. The minimum absolute atomic E-state index is 0.159. The Kier molecular flexibility index (Phi) is 8.81. The Morgan fingerprint density at radius 3 is 2.52 bits per heavy atom. The number of nitrogens with one attached hydrogen (secondary N) is 1. The fourth-order valence-corrected chi connectivity index (χ4v) is 2.55. The Balaban J connectivity index is 2.64. The predicted octanol–water partition coefficient (Wildman–Crippen LogP) is 3.21. The van der Waals surface area contributed by atoms with E-state index in [1.165, 1.54) is 7.11 Å².